The Kier molecular flexibility index (Phi) is 6.75. The lowest BCUT2D eigenvalue weighted by Gasteiger charge is -2.26. The molecule has 2 N–H and O–H groups in total. The monoisotopic (exact) mass is 249 g/mol. The van der Waals surface area contributed by atoms with Gasteiger partial charge in [-0.1, -0.05) is 20.8 Å². The quantitative estimate of drug-likeness (QED) is 0.758. The topological polar surface area (TPSA) is 49.3 Å². The minimum Gasteiger partial charge on any atom is -0.393 e. The van der Waals surface area contributed by atoms with Crippen molar-refractivity contribution in [1.82, 2.24) is 4.72 Å². The molecule has 1 unspecified atom stereocenters. The molecule has 0 amide bonds. The number of nitrogens with one attached hydrogen (secondary N) is 1. The van der Waals surface area contributed by atoms with Gasteiger partial charge in [-0.2, -0.15) is 0 Å². The van der Waals surface area contributed by atoms with E-state index >= 15 is 0 Å². The number of aliphatic hydroxyl groups is 1. The molecule has 16 heavy (non-hydrogen) atoms. The summed E-state index contributed by atoms with van der Waals surface area (Å²) in [4.78, 5) is 0. The van der Waals surface area contributed by atoms with E-state index in [1.165, 1.54) is 0 Å². The Morgan fingerprint density at radius 2 is 1.81 bits per heavy atom. The van der Waals surface area contributed by atoms with Crippen molar-refractivity contribution in [3.8, 4) is 0 Å². The first kappa shape index (κ1) is 16.1. The molecule has 0 aliphatic rings. The van der Waals surface area contributed by atoms with Crippen molar-refractivity contribution in [2.24, 2.45) is 5.92 Å². The normalized spacial score (nSPS) is 18.5. The number of aliphatic hydroxyl groups excluding tert-OH is 1. The van der Waals surface area contributed by atoms with E-state index in [2.05, 4.69) is 4.72 Å². The van der Waals surface area contributed by atoms with Crippen molar-refractivity contribution < 1.29 is 9.32 Å². The molecule has 0 bridgehead atoms. The standard InChI is InChI=1S/C12H27NO2S/c1-7-10(8-11(14)9(2)3)13-16(15)12(4,5)6/h9-11,13-14H,7-8H2,1-6H3/t10-,11+,16?/m1/s1. The summed E-state index contributed by atoms with van der Waals surface area (Å²) in [5.74, 6) is 0.249. The summed E-state index contributed by atoms with van der Waals surface area (Å²) in [6.07, 6.45) is 1.22. The van der Waals surface area contributed by atoms with Gasteiger partial charge in [0.05, 0.1) is 21.8 Å². The first-order chi connectivity index (χ1) is 7.18. The van der Waals surface area contributed by atoms with Gasteiger partial charge < -0.3 is 5.11 Å². The molecule has 0 spiro atoms. The van der Waals surface area contributed by atoms with Crippen LogP contribution in [0.25, 0.3) is 0 Å². The summed E-state index contributed by atoms with van der Waals surface area (Å²) in [7, 11) is -1.06. The van der Waals surface area contributed by atoms with Crippen LogP contribution in [-0.4, -0.2) is 26.2 Å². The second-order valence-corrected chi connectivity index (χ2v) is 7.65. The minimum atomic E-state index is -1.06. The summed E-state index contributed by atoms with van der Waals surface area (Å²) >= 11 is 0. The maximum Gasteiger partial charge on any atom is 0.0972 e. The van der Waals surface area contributed by atoms with Gasteiger partial charge in [-0.15, -0.1) is 0 Å². The largest absolute Gasteiger partial charge is 0.393 e. The predicted octanol–water partition coefficient (Wildman–Crippen LogP) is 2.22. The van der Waals surface area contributed by atoms with E-state index in [-0.39, 0.29) is 22.8 Å². The third-order valence-corrected chi connectivity index (χ3v) is 4.28. The van der Waals surface area contributed by atoms with Crippen LogP contribution in [0.3, 0.4) is 0 Å². The third-order valence-electron chi connectivity index (χ3n) is 2.62. The molecule has 4 heteroatoms. The molecule has 0 aromatic carbocycles. The summed E-state index contributed by atoms with van der Waals surface area (Å²) in [6, 6.07) is 0.123. The van der Waals surface area contributed by atoms with Crippen LogP contribution < -0.4 is 4.72 Å². The van der Waals surface area contributed by atoms with Crippen molar-refractivity contribution in [3.63, 3.8) is 0 Å². The fourth-order valence-electron chi connectivity index (χ4n) is 1.19. The Morgan fingerprint density at radius 1 is 1.31 bits per heavy atom. The smallest absolute Gasteiger partial charge is 0.0972 e. The first-order valence-corrected chi connectivity index (χ1v) is 7.19. The fourth-order valence-corrected chi connectivity index (χ4v) is 2.11. The molecular formula is C12H27NO2S. The lowest BCUT2D eigenvalue weighted by Crippen LogP contribution is -2.41. The molecule has 0 aromatic rings. The molecule has 0 radical (unpaired) electrons. The molecule has 0 saturated heterocycles. The highest BCUT2D eigenvalue weighted by Gasteiger charge is 2.23. The summed E-state index contributed by atoms with van der Waals surface area (Å²) in [6.45, 7) is 11.9. The van der Waals surface area contributed by atoms with E-state index in [0.717, 1.165) is 6.42 Å². The van der Waals surface area contributed by atoms with Crippen molar-refractivity contribution in [1.29, 1.82) is 0 Å². The minimum absolute atomic E-state index is 0.123. The average molecular weight is 249 g/mol. The Hall–Kier alpha value is 0.0700. The number of hydrogen-bond acceptors (Lipinski definition) is 2. The lowest BCUT2D eigenvalue weighted by atomic mass is 9.99. The van der Waals surface area contributed by atoms with Gasteiger partial charge in [0.1, 0.15) is 0 Å². The van der Waals surface area contributed by atoms with E-state index < -0.39 is 11.0 Å². The van der Waals surface area contributed by atoms with Gasteiger partial charge in [-0.05, 0) is 39.5 Å². The van der Waals surface area contributed by atoms with E-state index in [1.807, 2.05) is 41.5 Å². The predicted molar refractivity (Wildman–Crippen MR) is 70.6 cm³/mol. The van der Waals surface area contributed by atoms with Crippen LogP contribution >= 0.6 is 0 Å². The van der Waals surface area contributed by atoms with Crippen molar-refractivity contribution >= 4 is 11.0 Å². The van der Waals surface area contributed by atoms with Crippen LogP contribution in [0.4, 0.5) is 0 Å². The van der Waals surface area contributed by atoms with E-state index in [1.54, 1.807) is 0 Å². The lowest BCUT2D eigenvalue weighted by molar-refractivity contribution is 0.106. The Morgan fingerprint density at radius 3 is 2.12 bits per heavy atom. The molecule has 0 heterocycles. The van der Waals surface area contributed by atoms with Crippen molar-refractivity contribution in [2.45, 2.75) is 71.3 Å². The SMILES string of the molecule is CC[C@H](C[C@H](O)C(C)C)NS(=O)C(C)(C)C. The van der Waals surface area contributed by atoms with E-state index in [4.69, 9.17) is 0 Å². The van der Waals surface area contributed by atoms with Gasteiger partial charge in [-0.25, -0.2) is 8.93 Å². The summed E-state index contributed by atoms with van der Waals surface area (Å²) in [5, 5.41) is 9.80. The van der Waals surface area contributed by atoms with E-state index in [9.17, 15) is 9.32 Å². The molecule has 0 aliphatic heterocycles. The van der Waals surface area contributed by atoms with Crippen LogP contribution in [0.1, 0.15) is 54.4 Å². The molecule has 98 valence electrons. The highest BCUT2D eigenvalue weighted by atomic mass is 32.2. The number of rotatable bonds is 6. The zero-order chi connectivity index (χ0) is 12.9. The number of hydrogen-bond donors (Lipinski definition) is 2. The van der Waals surface area contributed by atoms with Gasteiger partial charge >= 0.3 is 0 Å². The Balaban J connectivity index is 4.26. The highest BCUT2D eigenvalue weighted by Crippen LogP contribution is 2.14. The molecule has 0 saturated carbocycles. The van der Waals surface area contributed by atoms with Crippen LogP contribution in [0.5, 0.6) is 0 Å². The Bertz CT molecular complexity index is 224. The third kappa shape index (κ3) is 5.97. The summed E-state index contributed by atoms with van der Waals surface area (Å²) < 4.78 is 14.8. The molecule has 3 nitrogen and oxygen atoms in total. The first-order valence-electron chi connectivity index (χ1n) is 6.04. The van der Waals surface area contributed by atoms with Crippen LogP contribution in [0, 0.1) is 5.92 Å². The molecule has 0 aromatic heterocycles. The highest BCUT2D eigenvalue weighted by molar-refractivity contribution is 7.84. The van der Waals surface area contributed by atoms with Crippen LogP contribution in [0.15, 0.2) is 0 Å². The molecule has 3 atom stereocenters. The maximum absolute atomic E-state index is 11.9. The second kappa shape index (κ2) is 6.72. The van der Waals surface area contributed by atoms with Gasteiger partial charge in [0.2, 0.25) is 0 Å². The zero-order valence-electron chi connectivity index (χ0n) is 11.4. The van der Waals surface area contributed by atoms with Crippen molar-refractivity contribution in [3.05, 3.63) is 0 Å². The molecule has 0 rings (SSSR count). The van der Waals surface area contributed by atoms with E-state index in [0.29, 0.717) is 6.42 Å². The van der Waals surface area contributed by atoms with Gasteiger partial charge in [0, 0.05) is 6.04 Å². The zero-order valence-corrected chi connectivity index (χ0v) is 12.2. The van der Waals surface area contributed by atoms with Crippen molar-refractivity contribution in [2.75, 3.05) is 0 Å². The van der Waals surface area contributed by atoms with Crippen LogP contribution in [-0.2, 0) is 11.0 Å². The molecule has 0 fully saturated rings. The molecular weight excluding hydrogens is 222 g/mol. The fraction of sp³-hybridized carbons (Fsp3) is 1.00. The van der Waals surface area contributed by atoms with Crippen LogP contribution in [0.2, 0.25) is 0 Å². The molecule has 0 aliphatic carbocycles. The summed E-state index contributed by atoms with van der Waals surface area (Å²) in [5.41, 5.74) is 0. The van der Waals surface area contributed by atoms with Gasteiger partial charge in [-0.3, -0.25) is 0 Å². The average Bonchev–Trinajstić information content (AvgIpc) is 2.14. The second-order valence-electron chi connectivity index (χ2n) is 5.65. The van der Waals surface area contributed by atoms with Gasteiger partial charge in [0.25, 0.3) is 0 Å². The van der Waals surface area contributed by atoms with Gasteiger partial charge in [0.15, 0.2) is 0 Å². The Labute approximate surface area is 103 Å². The maximum atomic E-state index is 11.9.